The van der Waals surface area contributed by atoms with Crippen molar-refractivity contribution in [2.75, 3.05) is 5.32 Å². The van der Waals surface area contributed by atoms with E-state index in [9.17, 15) is 18.0 Å². The van der Waals surface area contributed by atoms with Gasteiger partial charge >= 0.3 is 0 Å². The highest BCUT2D eigenvalue weighted by Gasteiger charge is 2.24. The summed E-state index contributed by atoms with van der Waals surface area (Å²) in [5.74, 6) is -0.777. The maximum absolute atomic E-state index is 12.5. The molecule has 156 valence electrons. The molecular formula is C19H21Cl2N3O4S. The average Bonchev–Trinajstić information content (AvgIpc) is 2.61. The Hall–Kier alpha value is -2.13. The zero-order valence-electron chi connectivity index (χ0n) is 16.0. The van der Waals surface area contributed by atoms with Crippen LogP contribution >= 0.6 is 23.2 Å². The van der Waals surface area contributed by atoms with E-state index in [4.69, 9.17) is 23.2 Å². The van der Waals surface area contributed by atoms with Crippen LogP contribution in [0.4, 0.5) is 5.69 Å². The standard InChI is InChI=1S/C19H21Cl2N3O4S/c1-11(17-9-4-14(20)10-18(17)21)22-19(26)12(2)24-29(27,28)16-7-5-15(6-8-16)23-13(3)25/h4-12,24H,1-3H3,(H,22,26)(H,23,25)/t11?,12-/m0/s1. The summed E-state index contributed by atoms with van der Waals surface area (Å²) in [7, 11) is -3.93. The van der Waals surface area contributed by atoms with E-state index in [2.05, 4.69) is 15.4 Å². The van der Waals surface area contributed by atoms with Crippen LogP contribution in [0.25, 0.3) is 0 Å². The highest BCUT2D eigenvalue weighted by molar-refractivity contribution is 7.89. The van der Waals surface area contributed by atoms with Crippen molar-refractivity contribution in [3.63, 3.8) is 0 Å². The lowest BCUT2D eigenvalue weighted by Gasteiger charge is -2.20. The van der Waals surface area contributed by atoms with Gasteiger partial charge in [-0.2, -0.15) is 4.72 Å². The van der Waals surface area contributed by atoms with Gasteiger partial charge in [-0.3, -0.25) is 9.59 Å². The van der Waals surface area contributed by atoms with Gasteiger partial charge in [-0.05, 0) is 55.8 Å². The van der Waals surface area contributed by atoms with E-state index in [1.807, 2.05) is 0 Å². The zero-order chi connectivity index (χ0) is 21.8. The fourth-order valence-corrected chi connectivity index (χ4v) is 4.32. The Morgan fingerprint density at radius 3 is 2.17 bits per heavy atom. The van der Waals surface area contributed by atoms with E-state index >= 15 is 0 Å². The first-order chi connectivity index (χ1) is 13.5. The molecule has 0 aliphatic rings. The molecule has 0 aliphatic heterocycles. The first-order valence-electron chi connectivity index (χ1n) is 8.65. The Kier molecular flexibility index (Phi) is 7.65. The number of hydrogen-bond donors (Lipinski definition) is 3. The molecule has 0 saturated heterocycles. The van der Waals surface area contributed by atoms with Crippen LogP contribution in [0.2, 0.25) is 10.0 Å². The van der Waals surface area contributed by atoms with Gasteiger partial charge in [0.05, 0.1) is 17.0 Å². The normalized spacial score (nSPS) is 13.4. The number of hydrogen-bond acceptors (Lipinski definition) is 4. The molecule has 0 bridgehead atoms. The smallest absolute Gasteiger partial charge is 0.241 e. The summed E-state index contributed by atoms with van der Waals surface area (Å²) in [6, 6.07) is 9.06. The molecule has 2 aromatic carbocycles. The maximum atomic E-state index is 12.5. The summed E-state index contributed by atoms with van der Waals surface area (Å²) < 4.78 is 27.4. The summed E-state index contributed by atoms with van der Waals surface area (Å²) in [5, 5.41) is 6.15. The highest BCUT2D eigenvalue weighted by Crippen LogP contribution is 2.26. The van der Waals surface area contributed by atoms with Gasteiger partial charge in [0.25, 0.3) is 0 Å². The minimum absolute atomic E-state index is 0.0277. The van der Waals surface area contributed by atoms with E-state index in [0.29, 0.717) is 21.3 Å². The molecule has 0 heterocycles. The molecule has 0 fully saturated rings. The van der Waals surface area contributed by atoms with Gasteiger partial charge < -0.3 is 10.6 Å². The van der Waals surface area contributed by atoms with Gasteiger partial charge in [0.15, 0.2) is 0 Å². The van der Waals surface area contributed by atoms with Crippen molar-refractivity contribution in [2.45, 2.75) is 37.8 Å². The molecule has 0 saturated carbocycles. The van der Waals surface area contributed by atoms with Crippen LogP contribution in [-0.2, 0) is 19.6 Å². The van der Waals surface area contributed by atoms with Crippen molar-refractivity contribution in [1.82, 2.24) is 10.0 Å². The molecule has 0 radical (unpaired) electrons. The van der Waals surface area contributed by atoms with Crippen LogP contribution in [-0.4, -0.2) is 26.3 Å². The predicted molar refractivity (Wildman–Crippen MR) is 114 cm³/mol. The molecule has 1 unspecified atom stereocenters. The second-order valence-corrected chi connectivity index (χ2v) is 9.00. The molecule has 29 heavy (non-hydrogen) atoms. The second-order valence-electron chi connectivity index (χ2n) is 6.44. The van der Waals surface area contributed by atoms with E-state index < -0.39 is 28.0 Å². The third-order valence-electron chi connectivity index (χ3n) is 4.00. The number of rotatable bonds is 7. The third kappa shape index (κ3) is 6.43. The summed E-state index contributed by atoms with van der Waals surface area (Å²) in [6.07, 6.45) is 0. The molecule has 0 spiro atoms. The van der Waals surface area contributed by atoms with Crippen molar-refractivity contribution in [3.8, 4) is 0 Å². The fraction of sp³-hybridized carbons (Fsp3) is 0.263. The van der Waals surface area contributed by atoms with Gasteiger partial charge in [0.1, 0.15) is 0 Å². The fourth-order valence-electron chi connectivity index (χ4n) is 2.54. The zero-order valence-corrected chi connectivity index (χ0v) is 18.3. The Morgan fingerprint density at radius 2 is 1.62 bits per heavy atom. The number of carbonyl (C=O) groups excluding carboxylic acids is 2. The van der Waals surface area contributed by atoms with Crippen LogP contribution in [0.5, 0.6) is 0 Å². The number of anilines is 1. The number of amides is 2. The van der Waals surface area contributed by atoms with Gasteiger partial charge in [0.2, 0.25) is 21.8 Å². The van der Waals surface area contributed by atoms with Crippen molar-refractivity contribution >= 4 is 50.7 Å². The summed E-state index contributed by atoms with van der Waals surface area (Å²) in [5.41, 5.74) is 1.13. The molecule has 2 rings (SSSR count). The molecule has 7 nitrogen and oxygen atoms in total. The summed E-state index contributed by atoms with van der Waals surface area (Å²) in [6.45, 7) is 4.52. The average molecular weight is 458 g/mol. The van der Waals surface area contributed by atoms with Crippen LogP contribution < -0.4 is 15.4 Å². The Labute approximate surface area is 179 Å². The molecule has 3 N–H and O–H groups in total. The minimum Gasteiger partial charge on any atom is -0.348 e. The van der Waals surface area contributed by atoms with E-state index in [0.717, 1.165) is 0 Å². The number of sulfonamides is 1. The molecule has 0 aliphatic carbocycles. The van der Waals surface area contributed by atoms with Gasteiger partial charge in [-0.1, -0.05) is 29.3 Å². The quantitative estimate of drug-likeness (QED) is 0.591. The lowest BCUT2D eigenvalue weighted by Crippen LogP contribution is -2.45. The van der Waals surface area contributed by atoms with E-state index in [1.54, 1.807) is 25.1 Å². The topological polar surface area (TPSA) is 104 Å². The minimum atomic E-state index is -3.93. The van der Waals surface area contributed by atoms with Crippen molar-refractivity contribution in [1.29, 1.82) is 0 Å². The lowest BCUT2D eigenvalue weighted by atomic mass is 10.1. The van der Waals surface area contributed by atoms with E-state index in [-0.39, 0.29) is 10.8 Å². The molecule has 2 amide bonds. The number of nitrogens with one attached hydrogen (secondary N) is 3. The largest absolute Gasteiger partial charge is 0.348 e. The van der Waals surface area contributed by atoms with Crippen LogP contribution in [0.3, 0.4) is 0 Å². The highest BCUT2D eigenvalue weighted by atomic mass is 35.5. The Morgan fingerprint density at radius 1 is 1.00 bits per heavy atom. The molecule has 10 heteroatoms. The van der Waals surface area contributed by atoms with E-state index in [1.165, 1.54) is 38.1 Å². The van der Waals surface area contributed by atoms with Crippen LogP contribution in [0, 0.1) is 0 Å². The molecule has 2 aromatic rings. The third-order valence-corrected chi connectivity index (χ3v) is 6.12. The summed E-state index contributed by atoms with van der Waals surface area (Å²) >= 11 is 12.0. The van der Waals surface area contributed by atoms with Gasteiger partial charge in [0, 0.05) is 22.7 Å². The first-order valence-corrected chi connectivity index (χ1v) is 10.9. The monoisotopic (exact) mass is 457 g/mol. The number of halogens is 2. The summed E-state index contributed by atoms with van der Waals surface area (Å²) in [4.78, 5) is 23.4. The SMILES string of the molecule is CC(=O)Nc1ccc(S(=O)(=O)N[C@@H](C)C(=O)NC(C)c2ccc(Cl)cc2Cl)cc1. The number of benzene rings is 2. The Bertz CT molecular complexity index is 1010. The Balaban J connectivity index is 2.04. The van der Waals surface area contributed by atoms with Crippen LogP contribution in [0.15, 0.2) is 47.4 Å². The molecular weight excluding hydrogens is 437 g/mol. The predicted octanol–water partition coefficient (Wildman–Crippen LogP) is 3.50. The van der Waals surface area contributed by atoms with Gasteiger partial charge in [-0.15, -0.1) is 0 Å². The van der Waals surface area contributed by atoms with Crippen molar-refractivity contribution in [2.24, 2.45) is 0 Å². The number of carbonyl (C=O) groups is 2. The van der Waals surface area contributed by atoms with Crippen molar-refractivity contribution < 1.29 is 18.0 Å². The first kappa shape index (κ1) is 23.2. The molecule has 0 aromatic heterocycles. The lowest BCUT2D eigenvalue weighted by molar-refractivity contribution is -0.123. The second kappa shape index (κ2) is 9.58. The molecule has 2 atom stereocenters. The maximum Gasteiger partial charge on any atom is 0.241 e. The van der Waals surface area contributed by atoms with Crippen LogP contribution in [0.1, 0.15) is 32.4 Å². The van der Waals surface area contributed by atoms with Crippen molar-refractivity contribution in [3.05, 3.63) is 58.1 Å². The van der Waals surface area contributed by atoms with Gasteiger partial charge in [-0.25, -0.2) is 8.42 Å².